The van der Waals surface area contributed by atoms with Crippen molar-refractivity contribution in [2.24, 2.45) is 0 Å². The van der Waals surface area contributed by atoms with Gasteiger partial charge in [0.15, 0.2) is 0 Å². The van der Waals surface area contributed by atoms with Crippen molar-refractivity contribution in [3.63, 3.8) is 0 Å². The Balaban J connectivity index is 2.61. The van der Waals surface area contributed by atoms with E-state index in [0.717, 1.165) is 11.1 Å². The topological polar surface area (TPSA) is 15.8 Å². The van der Waals surface area contributed by atoms with Crippen molar-refractivity contribution in [1.82, 2.24) is 4.98 Å². The summed E-state index contributed by atoms with van der Waals surface area (Å²) < 4.78 is 0. The second-order valence-corrected chi connectivity index (χ2v) is 3.83. The van der Waals surface area contributed by atoms with Gasteiger partial charge in [0.05, 0.1) is 0 Å². The average Bonchev–Trinajstić information content (AvgIpc) is 2.59. The van der Waals surface area contributed by atoms with E-state index in [2.05, 4.69) is 30.8 Å². The minimum Gasteiger partial charge on any atom is -0.358 e. The van der Waals surface area contributed by atoms with Gasteiger partial charge < -0.3 is 4.98 Å². The summed E-state index contributed by atoms with van der Waals surface area (Å²) in [6, 6.07) is 8.21. The molecular weight excluding hydrogens is 170 g/mol. The van der Waals surface area contributed by atoms with Gasteiger partial charge in [0.25, 0.3) is 0 Å². The van der Waals surface area contributed by atoms with E-state index >= 15 is 0 Å². The lowest BCUT2D eigenvalue weighted by molar-refractivity contribution is 0.836. The Kier molecular flexibility index (Phi) is 2.05. The smallest absolute Gasteiger partial charge is 0.0457 e. The predicted octanol–water partition coefficient (Wildman–Crippen LogP) is 3.27. The molecule has 1 aromatic heterocycles. The Labute approximate surface area is 84.1 Å². The summed E-state index contributed by atoms with van der Waals surface area (Å²) >= 11 is 0. The van der Waals surface area contributed by atoms with E-state index in [0.29, 0.717) is 5.92 Å². The zero-order chi connectivity index (χ0) is 10.1. The van der Waals surface area contributed by atoms with Crippen LogP contribution < -0.4 is 0 Å². The lowest BCUT2D eigenvalue weighted by Crippen LogP contribution is -1.84. The Bertz CT molecular complexity index is 497. The largest absolute Gasteiger partial charge is 0.358 e. The molecule has 1 nitrogen and oxygen atoms in total. The van der Waals surface area contributed by atoms with Gasteiger partial charge in [0.1, 0.15) is 0 Å². The molecule has 0 amide bonds. The van der Waals surface area contributed by atoms with Crippen molar-refractivity contribution in [2.45, 2.75) is 19.8 Å². The Morgan fingerprint density at radius 3 is 2.71 bits per heavy atom. The van der Waals surface area contributed by atoms with Gasteiger partial charge in [-0.3, -0.25) is 0 Å². The molecule has 1 aromatic carbocycles. The van der Waals surface area contributed by atoms with Gasteiger partial charge in [-0.25, -0.2) is 0 Å². The maximum Gasteiger partial charge on any atom is 0.0457 e. The summed E-state index contributed by atoms with van der Waals surface area (Å²) in [5.74, 6) is 3.17. The number of hydrogen-bond donors (Lipinski definition) is 1. The first-order valence-electron chi connectivity index (χ1n) is 4.80. The molecule has 0 spiro atoms. The van der Waals surface area contributed by atoms with Crippen LogP contribution in [0.4, 0.5) is 0 Å². The molecular formula is C13H13N. The van der Waals surface area contributed by atoms with Gasteiger partial charge in [-0.2, -0.15) is 0 Å². The highest BCUT2D eigenvalue weighted by Crippen LogP contribution is 2.21. The average molecular weight is 183 g/mol. The van der Waals surface area contributed by atoms with Crippen LogP contribution in [0.5, 0.6) is 0 Å². The third kappa shape index (κ3) is 1.40. The van der Waals surface area contributed by atoms with Crippen LogP contribution in [0, 0.1) is 12.3 Å². The molecule has 0 aliphatic heterocycles. The van der Waals surface area contributed by atoms with Crippen LogP contribution >= 0.6 is 0 Å². The highest BCUT2D eigenvalue weighted by Gasteiger charge is 2.03. The first-order valence-corrected chi connectivity index (χ1v) is 4.80. The molecule has 0 unspecified atom stereocenters. The van der Waals surface area contributed by atoms with Crippen LogP contribution in [-0.4, -0.2) is 4.98 Å². The second kappa shape index (κ2) is 3.23. The van der Waals surface area contributed by atoms with E-state index in [4.69, 9.17) is 6.42 Å². The number of H-pyrrole nitrogens is 1. The highest BCUT2D eigenvalue weighted by molar-refractivity contribution is 5.82. The second-order valence-electron chi connectivity index (χ2n) is 3.83. The number of hydrogen-bond acceptors (Lipinski definition) is 0. The van der Waals surface area contributed by atoms with Gasteiger partial charge >= 0.3 is 0 Å². The van der Waals surface area contributed by atoms with Gasteiger partial charge in [0.2, 0.25) is 0 Å². The van der Waals surface area contributed by atoms with Crippen molar-refractivity contribution in [2.75, 3.05) is 0 Å². The van der Waals surface area contributed by atoms with Gasteiger partial charge in [-0.05, 0) is 30.2 Å². The third-order valence-electron chi connectivity index (χ3n) is 2.43. The molecule has 0 saturated carbocycles. The van der Waals surface area contributed by atoms with E-state index in [1.807, 2.05) is 18.2 Å². The van der Waals surface area contributed by atoms with Crippen LogP contribution in [-0.2, 0) is 0 Å². The lowest BCUT2D eigenvalue weighted by atomic mass is 10.1. The zero-order valence-corrected chi connectivity index (χ0v) is 8.46. The molecule has 14 heavy (non-hydrogen) atoms. The Morgan fingerprint density at radius 2 is 2.07 bits per heavy atom. The molecule has 0 radical (unpaired) electrons. The molecule has 70 valence electrons. The standard InChI is InChI=1S/C13H13N/c1-4-10-5-6-12-11(7-10)8-13(14-12)9(2)3/h1,5-9,14H,2-3H3. The van der Waals surface area contributed by atoms with Crippen LogP contribution in [0.3, 0.4) is 0 Å². The van der Waals surface area contributed by atoms with E-state index in [9.17, 15) is 0 Å². The van der Waals surface area contributed by atoms with Gasteiger partial charge in [0, 0.05) is 22.2 Å². The number of rotatable bonds is 1. The summed E-state index contributed by atoms with van der Waals surface area (Å²) in [6.45, 7) is 4.35. The molecule has 2 rings (SSSR count). The number of aromatic nitrogens is 1. The summed E-state index contributed by atoms with van der Waals surface area (Å²) in [4.78, 5) is 3.38. The zero-order valence-electron chi connectivity index (χ0n) is 8.46. The quantitative estimate of drug-likeness (QED) is 0.653. The lowest BCUT2D eigenvalue weighted by Gasteiger charge is -1.97. The maximum absolute atomic E-state index is 5.35. The molecule has 0 aliphatic carbocycles. The summed E-state index contributed by atoms with van der Waals surface area (Å²) in [5.41, 5.74) is 3.36. The minimum absolute atomic E-state index is 0.525. The molecule has 1 heterocycles. The molecule has 0 atom stereocenters. The number of terminal acetylenes is 1. The molecule has 0 saturated heterocycles. The van der Waals surface area contributed by atoms with Crippen molar-refractivity contribution in [3.05, 3.63) is 35.5 Å². The normalized spacial score (nSPS) is 10.7. The van der Waals surface area contributed by atoms with Crippen molar-refractivity contribution < 1.29 is 0 Å². The molecule has 1 N–H and O–H groups in total. The molecule has 0 fully saturated rings. The fourth-order valence-electron chi connectivity index (χ4n) is 1.56. The Hall–Kier alpha value is -1.68. The number of aromatic amines is 1. The van der Waals surface area contributed by atoms with E-state index in [1.54, 1.807) is 0 Å². The first kappa shape index (κ1) is 8.90. The van der Waals surface area contributed by atoms with E-state index < -0.39 is 0 Å². The van der Waals surface area contributed by atoms with Crippen LogP contribution in [0.15, 0.2) is 24.3 Å². The first-order chi connectivity index (χ1) is 6.70. The van der Waals surface area contributed by atoms with Crippen LogP contribution in [0.1, 0.15) is 31.0 Å². The summed E-state index contributed by atoms with van der Waals surface area (Å²) in [7, 11) is 0. The molecule has 2 aromatic rings. The fraction of sp³-hybridized carbons (Fsp3) is 0.231. The third-order valence-corrected chi connectivity index (χ3v) is 2.43. The maximum atomic E-state index is 5.35. The molecule has 0 aliphatic rings. The Morgan fingerprint density at radius 1 is 1.29 bits per heavy atom. The summed E-state index contributed by atoms with van der Waals surface area (Å²) in [6.07, 6.45) is 5.35. The predicted molar refractivity (Wildman–Crippen MR) is 60.3 cm³/mol. The van der Waals surface area contributed by atoms with Crippen LogP contribution in [0.2, 0.25) is 0 Å². The van der Waals surface area contributed by atoms with Gasteiger partial charge in [-0.15, -0.1) is 6.42 Å². The van der Waals surface area contributed by atoms with E-state index in [1.165, 1.54) is 11.1 Å². The number of fused-ring (bicyclic) bond motifs is 1. The van der Waals surface area contributed by atoms with Crippen molar-refractivity contribution in [3.8, 4) is 12.3 Å². The van der Waals surface area contributed by atoms with Crippen molar-refractivity contribution >= 4 is 10.9 Å². The minimum atomic E-state index is 0.525. The van der Waals surface area contributed by atoms with Crippen molar-refractivity contribution in [1.29, 1.82) is 0 Å². The molecule has 0 bridgehead atoms. The van der Waals surface area contributed by atoms with Crippen LogP contribution in [0.25, 0.3) is 10.9 Å². The van der Waals surface area contributed by atoms with E-state index in [-0.39, 0.29) is 0 Å². The van der Waals surface area contributed by atoms with Gasteiger partial charge in [-0.1, -0.05) is 19.8 Å². The monoisotopic (exact) mass is 183 g/mol. The highest BCUT2D eigenvalue weighted by atomic mass is 14.7. The summed E-state index contributed by atoms with van der Waals surface area (Å²) in [5, 5.41) is 1.20. The fourth-order valence-corrected chi connectivity index (χ4v) is 1.56. The number of nitrogens with one attached hydrogen (secondary N) is 1. The number of benzene rings is 1. The SMILES string of the molecule is C#Cc1ccc2[nH]c(C(C)C)cc2c1. The molecule has 1 heteroatoms.